The van der Waals surface area contributed by atoms with Crippen molar-refractivity contribution in [2.24, 2.45) is 0 Å². The molecule has 0 saturated carbocycles. The fourth-order valence-electron chi connectivity index (χ4n) is 4.22. The zero-order chi connectivity index (χ0) is 20.7. The average molecular weight is 398 g/mol. The third-order valence-corrected chi connectivity index (χ3v) is 8.95. The highest BCUT2D eigenvalue weighted by atomic mass is 32.3. The molecule has 0 spiro atoms. The van der Waals surface area contributed by atoms with Gasteiger partial charge in [-0.05, 0) is 76.4 Å². The maximum absolute atomic E-state index is 4.93. The molecule has 1 saturated heterocycles. The summed E-state index contributed by atoms with van der Waals surface area (Å²) in [6, 6.07) is 11.4. The van der Waals surface area contributed by atoms with Gasteiger partial charge < -0.3 is 0 Å². The summed E-state index contributed by atoms with van der Waals surface area (Å²) in [4.78, 5) is 4.93. The molecule has 1 fully saturated rings. The van der Waals surface area contributed by atoms with Crippen molar-refractivity contribution in [3.05, 3.63) is 53.2 Å². The van der Waals surface area contributed by atoms with E-state index in [-0.39, 0.29) is 20.9 Å². The van der Waals surface area contributed by atoms with Crippen LogP contribution in [-0.2, 0) is 10.8 Å². The second kappa shape index (κ2) is 7.52. The van der Waals surface area contributed by atoms with Crippen molar-refractivity contribution in [3.8, 4) is 11.3 Å². The standard InChI is InChI=1S/C26H39NS/c1-25(2,3)21-11-9-20(10-12-21)24-17-23(26(4,5)6)22(18-27-24)19-13-15-28(7,8)16-14-19/h9-12,17-19H,13-16H2,1-8H3. The predicted molar refractivity (Wildman–Crippen MR) is 128 cm³/mol. The van der Waals surface area contributed by atoms with Gasteiger partial charge in [0.15, 0.2) is 0 Å². The highest BCUT2D eigenvalue weighted by molar-refractivity contribution is 8.32. The maximum Gasteiger partial charge on any atom is 0.0705 e. The molecule has 2 aromatic rings. The van der Waals surface area contributed by atoms with Crippen molar-refractivity contribution in [1.29, 1.82) is 0 Å². The molecular formula is C26H39NS. The first-order chi connectivity index (χ1) is 12.9. The van der Waals surface area contributed by atoms with E-state index in [4.69, 9.17) is 4.98 Å². The molecule has 1 aliphatic rings. The van der Waals surface area contributed by atoms with Crippen LogP contribution in [0.5, 0.6) is 0 Å². The summed E-state index contributed by atoms with van der Waals surface area (Å²) in [7, 11) is -0.360. The van der Waals surface area contributed by atoms with E-state index >= 15 is 0 Å². The second-order valence-electron chi connectivity index (χ2n) is 11.2. The van der Waals surface area contributed by atoms with Gasteiger partial charge in [-0.25, -0.2) is 10.0 Å². The number of nitrogens with zero attached hydrogens (tertiary/aromatic N) is 1. The molecule has 0 radical (unpaired) electrons. The molecule has 2 heteroatoms. The number of benzene rings is 1. The Labute approximate surface area is 174 Å². The van der Waals surface area contributed by atoms with Gasteiger partial charge in [0.1, 0.15) is 0 Å². The van der Waals surface area contributed by atoms with Crippen LogP contribution < -0.4 is 0 Å². The Hall–Kier alpha value is -1.28. The van der Waals surface area contributed by atoms with Crippen LogP contribution in [0.3, 0.4) is 0 Å². The van der Waals surface area contributed by atoms with Gasteiger partial charge in [0, 0.05) is 11.8 Å². The van der Waals surface area contributed by atoms with E-state index in [1.54, 1.807) is 0 Å². The molecule has 0 unspecified atom stereocenters. The van der Waals surface area contributed by atoms with Crippen LogP contribution in [-0.4, -0.2) is 29.0 Å². The van der Waals surface area contributed by atoms with Gasteiger partial charge in [-0.3, -0.25) is 4.98 Å². The highest BCUT2D eigenvalue weighted by Gasteiger charge is 2.29. The van der Waals surface area contributed by atoms with Crippen LogP contribution in [0.15, 0.2) is 36.5 Å². The van der Waals surface area contributed by atoms with Gasteiger partial charge in [-0.15, -0.1) is 0 Å². The molecule has 1 nitrogen and oxygen atoms in total. The SMILES string of the molecule is CC(C)(C)c1ccc(-c2cc(C(C)(C)C)c(C3CCS(C)(C)CC3)cn2)cc1. The molecule has 0 N–H and O–H groups in total. The van der Waals surface area contributed by atoms with Crippen molar-refractivity contribution in [3.63, 3.8) is 0 Å². The molecule has 3 rings (SSSR count). The van der Waals surface area contributed by atoms with Gasteiger partial charge >= 0.3 is 0 Å². The zero-order valence-corrected chi connectivity index (χ0v) is 20.0. The van der Waals surface area contributed by atoms with Gasteiger partial charge in [-0.2, -0.15) is 0 Å². The molecule has 0 amide bonds. The van der Waals surface area contributed by atoms with Crippen LogP contribution in [0.4, 0.5) is 0 Å². The Morgan fingerprint density at radius 3 is 1.93 bits per heavy atom. The number of hydrogen-bond donors (Lipinski definition) is 0. The van der Waals surface area contributed by atoms with Crippen LogP contribution >= 0.6 is 10.0 Å². The number of pyridine rings is 1. The summed E-state index contributed by atoms with van der Waals surface area (Å²) >= 11 is 0. The highest BCUT2D eigenvalue weighted by Crippen LogP contribution is 2.50. The van der Waals surface area contributed by atoms with Crippen molar-refractivity contribution < 1.29 is 0 Å². The lowest BCUT2D eigenvalue weighted by atomic mass is 9.78. The first kappa shape index (κ1) is 21.4. The Morgan fingerprint density at radius 2 is 1.43 bits per heavy atom. The molecule has 1 aromatic heterocycles. The average Bonchev–Trinajstić information content (AvgIpc) is 2.60. The van der Waals surface area contributed by atoms with E-state index in [0.717, 1.165) is 5.69 Å². The molecule has 0 aliphatic carbocycles. The van der Waals surface area contributed by atoms with Crippen LogP contribution in [0.25, 0.3) is 11.3 Å². The van der Waals surface area contributed by atoms with E-state index in [9.17, 15) is 0 Å². The minimum Gasteiger partial charge on any atom is -0.256 e. The maximum atomic E-state index is 4.93. The lowest BCUT2D eigenvalue weighted by Crippen LogP contribution is -2.22. The summed E-state index contributed by atoms with van der Waals surface area (Å²) in [6.45, 7) is 13.8. The lowest BCUT2D eigenvalue weighted by Gasteiger charge is -2.40. The van der Waals surface area contributed by atoms with E-state index in [1.165, 1.54) is 46.6 Å². The minimum absolute atomic E-state index is 0.137. The van der Waals surface area contributed by atoms with E-state index in [0.29, 0.717) is 5.92 Å². The molecule has 28 heavy (non-hydrogen) atoms. The van der Waals surface area contributed by atoms with Gasteiger partial charge in [-0.1, -0.05) is 65.8 Å². The lowest BCUT2D eigenvalue weighted by molar-refractivity contribution is 0.552. The van der Waals surface area contributed by atoms with Gasteiger partial charge in [0.2, 0.25) is 0 Å². The largest absolute Gasteiger partial charge is 0.256 e. The number of hydrogen-bond acceptors (Lipinski definition) is 1. The van der Waals surface area contributed by atoms with Crippen LogP contribution in [0.1, 0.15) is 77.0 Å². The summed E-state index contributed by atoms with van der Waals surface area (Å²) in [5, 5.41) is 0. The van der Waals surface area contributed by atoms with Crippen molar-refractivity contribution >= 4 is 10.0 Å². The quantitative estimate of drug-likeness (QED) is 0.518. The summed E-state index contributed by atoms with van der Waals surface area (Å²) in [6.07, 6.45) is 9.85. The fraction of sp³-hybridized carbons (Fsp3) is 0.577. The fourth-order valence-corrected chi connectivity index (χ4v) is 6.27. The minimum atomic E-state index is -0.360. The molecule has 0 atom stereocenters. The third kappa shape index (κ3) is 4.82. The van der Waals surface area contributed by atoms with Gasteiger partial charge in [0.25, 0.3) is 0 Å². The van der Waals surface area contributed by atoms with Crippen molar-refractivity contribution in [2.75, 3.05) is 24.0 Å². The smallest absolute Gasteiger partial charge is 0.0705 e. The summed E-state index contributed by atoms with van der Waals surface area (Å²) in [5.41, 5.74) is 7.00. The molecule has 1 aromatic carbocycles. The van der Waals surface area contributed by atoms with Crippen LogP contribution in [0.2, 0.25) is 0 Å². The monoisotopic (exact) mass is 397 g/mol. The van der Waals surface area contributed by atoms with Crippen molar-refractivity contribution in [2.45, 2.75) is 71.1 Å². The Kier molecular flexibility index (Phi) is 5.75. The number of rotatable bonds is 2. The topological polar surface area (TPSA) is 12.9 Å². The number of aromatic nitrogens is 1. The third-order valence-electron chi connectivity index (χ3n) is 6.27. The normalized spacial score (nSPS) is 19.4. The summed E-state index contributed by atoms with van der Waals surface area (Å²) < 4.78 is 0. The van der Waals surface area contributed by atoms with Gasteiger partial charge in [0.05, 0.1) is 5.69 Å². The second-order valence-corrected chi connectivity index (χ2v) is 15.5. The predicted octanol–water partition coefficient (Wildman–Crippen LogP) is 7.29. The molecule has 2 heterocycles. The Morgan fingerprint density at radius 1 is 0.857 bits per heavy atom. The first-order valence-electron chi connectivity index (χ1n) is 10.7. The molecular weight excluding hydrogens is 358 g/mol. The van der Waals surface area contributed by atoms with E-state index in [2.05, 4.69) is 90.6 Å². The summed E-state index contributed by atoms with van der Waals surface area (Å²) in [5.74, 6) is 3.48. The molecule has 1 aliphatic heterocycles. The molecule has 154 valence electrons. The first-order valence-corrected chi connectivity index (χ1v) is 13.5. The zero-order valence-electron chi connectivity index (χ0n) is 19.2. The van der Waals surface area contributed by atoms with E-state index in [1.807, 2.05) is 0 Å². The Bertz CT molecular complexity index is 809. The van der Waals surface area contributed by atoms with E-state index < -0.39 is 0 Å². The van der Waals surface area contributed by atoms with Crippen LogP contribution in [0, 0.1) is 0 Å². The van der Waals surface area contributed by atoms with Crippen molar-refractivity contribution in [1.82, 2.24) is 4.98 Å². The Balaban J connectivity index is 1.95. The molecule has 0 bridgehead atoms.